The fourth-order valence-corrected chi connectivity index (χ4v) is 1.68. The summed E-state index contributed by atoms with van der Waals surface area (Å²) in [6, 6.07) is 15.6. The Morgan fingerprint density at radius 1 is 0.842 bits per heavy atom. The quantitative estimate of drug-likeness (QED) is 0.488. The van der Waals surface area contributed by atoms with E-state index in [0.717, 1.165) is 22.1 Å². The molecule has 4 aromatic rings. The summed E-state index contributed by atoms with van der Waals surface area (Å²) in [4.78, 5) is 11.0. The second-order valence-electron chi connectivity index (χ2n) is 3.74. The molecule has 0 bridgehead atoms. The molecule has 5 heteroatoms. The minimum atomic E-state index is 0. The van der Waals surface area contributed by atoms with Gasteiger partial charge in [-0.1, -0.05) is 24.3 Å². The third kappa shape index (κ3) is 3.14. The van der Waals surface area contributed by atoms with Gasteiger partial charge >= 0.3 is 23.9 Å². The molecule has 0 saturated carbocycles. The molecule has 0 amide bonds. The average molecular weight is 360 g/mol. The Morgan fingerprint density at radius 3 is 2.37 bits per heavy atom. The van der Waals surface area contributed by atoms with E-state index in [0.29, 0.717) is 0 Å². The summed E-state index contributed by atoms with van der Waals surface area (Å²) < 4.78 is 5.01. The van der Waals surface area contributed by atoms with E-state index in [2.05, 4.69) is 15.0 Å². The maximum absolute atomic E-state index is 5.01. The van der Waals surface area contributed by atoms with Gasteiger partial charge in [0.05, 0.1) is 17.4 Å². The molecule has 2 heterocycles. The van der Waals surface area contributed by atoms with Gasteiger partial charge in [0.2, 0.25) is 0 Å². The number of fused-ring (bicyclic) bond motifs is 2. The van der Waals surface area contributed by atoms with Gasteiger partial charge in [-0.15, -0.1) is 0 Å². The summed E-state index contributed by atoms with van der Waals surface area (Å²) in [5.41, 5.74) is 3.88. The molecule has 2 aromatic heterocycles. The first-order valence-corrected chi connectivity index (χ1v) is 5.60. The van der Waals surface area contributed by atoms with Crippen LogP contribution in [0.15, 0.2) is 65.7 Å². The molecule has 4 nitrogen and oxygen atoms in total. The van der Waals surface area contributed by atoms with E-state index in [4.69, 9.17) is 4.42 Å². The van der Waals surface area contributed by atoms with E-state index in [1.165, 1.54) is 6.39 Å². The zero-order chi connectivity index (χ0) is 12.2. The fourth-order valence-electron chi connectivity index (χ4n) is 1.68. The molecular weight excluding hydrogens is 345 g/mol. The number of oxazole rings is 1. The van der Waals surface area contributed by atoms with Gasteiger partial charge in [0.1, 0.15) is 5.52 Å². The number of hydrogen-bond donors (Lipinski definition) is 1. The molecule has 96 valence electrons. The van der Waals surface area contributed by atoms with Crippen molar-refractivity contribution in [2.45, 2.75) is 0 Å². The Balaban J connectivity index is 0.000000133. The zero-order valence-corrected chi connectivity index (χ0v) is 9.58. The number of nitrogens with zero attached hydrogens (tertiary/aromatic N) is 2. The molecule has 0 aliphatic heterocycles. The van der Waals surface area contributed by atoms with Crippen molar-refractivity contribution in [3.05, 3.63) is 61.3 Å². The van der Waals surface area contributed by atoms with Crippen molar-refractivity contribution in [3.63, 3.8) is 0 Å². The Labute approximate surface area is 126 Å². The summed E-state index contributed by atoms with van der Waals surface area (Å²) in [7, 11) is 0. The first kappa shape index (κ1) is 13.6. The van der Waals surface area contributed by atoms with Crippen LogP contribution in [0.2, 0.25) is 0 Å². The predicted octanol–water partition coefficient (Wildman–Crippen LogP) is 1.94. The van der Waals surface area contributed by atoms with E-state index < -0.39 is 0 Å². The van der Waals surface area contributed by atoms with Crippen molar-refractivity contribution >= 4 is 46.0 Å². The number of hydrogen-bond acceptors (Lipinski definition) is 3. The van der Waals surface area contributed by atoms with Crippen LogP contribution in [0, 0.1) is 0 Å². The van der Waals surface area contributed by atoms with Gasteiger partial charge in [-0.25, -0.2) is 9.97 Å². The van der Waals surface area contributed by atoms with Crippen LogP contribution in [0.5, 0.6) is 0 Å². The number of rotatable bonds is 0. The van der Waals surface area contributed by atoms with Crippen LogP contribution in [-0.2, 0) is 0 Å². The molecule has 0 saturated heterocycles. The van der Waals surface area contributed by atoms with Gasteiger partial charge in [0, 0.05) is 0 Å². The maximum Gasteiger partial charge on any atom is 0.181 e. The summed E-state index contributed by atoms with van der Waals surface area (Å²) >= 11 is 0. The Bertz CT molecular complexity index is 637. The van der Waals surface area contributed by atoms with Crippen LogP contribution in [0.25, 0.3) is 22.1 Å². The topological polar surface area (TPSA) is 54.7 Å². The van der Waals surface area contributed by atoms with Crippen LogP contribution in [0.4, 0.5) is 0 Å². The van der Waals surface area contributed by atoms with Crippen molar-refractivity contribution in [1.29, 1.82) is 0 Å². The second-order valence-corrected chi connectivity index (χ2v) is 3.74. The van der Waals surface area contributed by atoms with Gasteiger partial charge in [0.15, 0.2) is 12.0 Å². The maximum atomic E-state index is 5.01. The monoisotopic (exact) mass is 361 g/mol. The van der Waals surface area contributed by atoms with Crippen molar-refractivity contribution in [1.82, 2.24) is 15.0 Å². The van der Waals surface area contributed by atoms with Gasteiger partial charge in [-0.3, -0.25) is 0 Å². The number of nitrogens with one attached hydrogen (secondary N) is 1. The molecule has 19 heavy (non-hydrogen) atoms. The number of H-pyrrole nitrogens is 1. The Kier molecular flexibility index (Phi) is 4.57. The molecular formula is C14H15N3OSn. The van der Waals surface area contributed by atoms with Gasteiger partial charge in [0.25, 0.3) is 0 Å². The van der Waals surface area contributed by atoms with Crippen LogP contribution in [-0.4, -0.2) is 38.9 Å². The Morgan fingerprint density at radius 2 is 1.58 bits per heavy atom. The van der Waals surface area contributed by atoms with Crippen molar-refractivity contribution in [2.24, 2.45) is 0 Å². The van der Waals surface area contributed by atoms with Gasteiger partial charge in [-0.05, 0) is 24.3 Å². The van der Waals surface area contributed by atoms with Crippen molar-refractivity contribution in [3.8, 4) is 0 Å². The summed E-state index contributed by atoms with van der Waals surface area (Å²) in [5.74, 6) is 0. The number of benzene rings is 2. The molecule has 2 aromatic carbocycles. The first-order valence-electron chi connectivity index (χ1n) is 5.60. The first-order chi connectivity index (χ1) is 8.93. The molecule has 0 aliphatic rings. The van der Waals surface area contributed by atoms with Gasteiger partial charge in [-0.2, -0.15) is 0 Å². The minimum Gasteiger partial charge on any atom is -0.443 e. The van der Waals surface area contributed by atoms with E-state index >= 15 is 0 Å². The summed E-state index contributed by atoms with van der Waals surface area (Å²) in [6.07, 6.45) is 3.15. The fraction of sp³-hybridized carbons (Fsp3) is 0. The van der Waals surface area contributed by atoms with Crippen LogP contribution >= 0.6 is 0 Å². The van der Waals surface area contributed by atoms with Crippen LogP contribution in [0.3, 0.4) is 0 Å². The van der Waals surface area contributed by atoms with E-state index in [-0.39, 0.29) is 23.9 Å². The third-order valence-corrected chi connectivity index (χ3v) is 2.56. The van der Waals surface area contributed by atoms with Crippen LogP contribution in [0.1, 0.15) is 0 Å². The SMILES string of the molecule is [SnH4].c1ccc2[nH]cnc2c1.c1ccc2ocnc2c1. The average Bonchev–Trinajstić information content (AvgIpc) is 3.08. The number of imidazole rings is 1. The summed E-state index contributed by atoms with van der Waals surface area (Å²) in [5, 5.41) is 0. The standard InChI is InChI=1S/C7H6N2.C7H5NO.Sn.4H/c2*1-2-4-7-6(3-1)8-5-9-7;;;;;/h1-5H,(H,8,9);1-5H;;;;;. The molecule has 0 aliphatic carbocycles. The second kappa shape index (κ2) is 6.38. The molecule has 0 spiro atoms. The van der Waals surface area contributed by atoms with Crippen molar-refractivity contribution in [2.75, 3.05) is 0 Å². The molecule has 4 rings (SSSR count). The molecule has 0 radical (unpaired) electrons. The van der Waals surface area contributed by atoms with Crippen LogP contribution < -0.4 is 0 Å². The summed E-state index contributed by atoms with van der Waals surface area (Å²) in [6.45, 7) is 0. The number of para-hydroxylation sites is 4. The minimum absolute atomic E-state index is 0. The number of aromatic nitrogens is 3. The smallest absolute Gasteiger partial charge is 0.181 e. The molecule has 0 unspecified atom stereocenters. The third-order valence-electron chi connectivity index (χ3n) is 2.56. The Hall–Kier alpha value is -1.82. The molecule has 1 N–H and O–H groups in total. The molecule has 0 atom stereocenters. The van der Waals surface area contributed by atoms with E-state index in [9.17, 15) is 0 Å². The van der Waals surface area contributed by atoms with Gasteiger partial charge < -0.3 is 9.40 Å². The largest absolute Gasteiger partial charge is 0.443 e. The van der Waals surface area contributed by atoms with E-state index in [1.807, 2.05) is 48.5 Å². The zero-order valence-electron chi connectivity index (χ0n) is 9.58. The normalized spacial score (nSPS) is 9.68. The van der Waals surface area contributed by atoms with E-state index in [1.54, 1.807) is 6.33 Å². The van der Waals surface area contributed by atoms with Crippen molar-refractivity contribution < 1.29 is 4.42 Å². The number of aromatic amines is 1. The molecule has 0 fully saturated rings. The predicted molar refractivity (Wildman–Crippen MR) is 81.4 cm³/mol.